The van der Waals surface area contributed by atoms with Crippen LogP contribution in [0.2, 0.25) is 5.02 Å². The van der Waals surface area contributed by atoms with E-state index < -0.39 is 0 Å². The number of carbonyl (C=O) groups excluding carboxylic acids is 1. The van der Waals surface area contributed by atoms with Crippen molar-refractivity contribution < 1.29 is 4.79 Å². The smallest absolute Gasteiger partial charge is 0.252 e. The Hall–Kier alpha value is -0.290. The summed E-state index contributed by atoms with van der Waals surface area (Å²) < 4.78 is 0.927. The Kier molecular flexibility index (Phi) is 7.00. The van der Waals surface area contributed by atoms with Gasteiger partial charge in [0.25, 0.3) is 5.91 Å². The van der Waals surface area contributed by atoms with E-state index in [1.54, 1.807) is 12.1 Å². The molecule has 1 N–H and O–H groups in total. The third-order valence-corrected chi connectivity index (χ3v) is 3.84. The standard InChI is InChI=1S/C14H19ClINO/c1-10(2)5-3-4-8-17-14(18)12-9-11(15)6-7-13(12)16/h6-7,9-10H,3-5,8H2,1-2H3,(H,17,18). The first-order valence-electron chi connectivity index (χ1n) is 6.24. The molecule has 100 valence electrons. The minimum absolute atomic E-state index is 0.0357. The lowest BCUT2D eigenvalue weighted by molar-refractivity contribution is 0.0952. The number of amides is 1. The number of halogens is 2. The molecule has 0 saturated carbocycles. The van der Waals surface area contributed by atoms with E-state index in [1.165, 1.54) is 6.42 Å². The number of hydrogen-bond acceptors (Lipinski definition) is 1. The molecule has 0 aromatic heterocycles. The van der Waals surface area contributed by atoms with Gasteiger partial charge >= 0.3 is 0 Å². The van der Waals surface area contributed by atoms with Crippen molar-refractivity contribution in [1.82, 2.24) is 5.32 Å². The van der Waals surface area contributed by atoms with Crippen molar-refractivity contribution in [2.45, 2.75) is 33.1 Å². The number of unbranched alkanes of at least 4 members (excludes halogenated alkanes) is 1. The van der Waals surface area contributed by atoms with E-state index in [2.05, 4.69) is 41.8 Å². The second-order valence-corrected chi connectivity index (χ2v) is 6.37. The first kappa shape index (κ1) is 15.8. The Morgan fingerprint density at radius 3 is 2.78 bits per heavy atom. The van der Waals surface area contributed by atoms with Gasteiger partial charge in [-0.2, -0.15) is 0 Å². The number of carbonyl (C=O) groups is 1. The van der Waals surface area contributed by atoms with E-state index in [9.17, 15) is 4.79 Å². The van der Waals surface area contributed by atoms with Crippen LogP contribution < -0.4 is 5.32 Å². The predicted octanol–water partition coefficient (Wildman–Crippen LogP) is 4.50. The minimum atomic E-state index is -0.0357. The van der Waals surface area contributed by atoms with Crippen LogP contribution in [0.5, 0.6) is 0 Å². The van der Waals surface area contributed by atoms with Gasteiger partial charge in [-0.3, -0.25) is 4.79 Å². The van der Waals surface area contributed by atoms with E-state index in [4.69, 9.17) is 11.6 Å². The first-order valence-corrected chi connectivity index (χ1v) is 7.69. The summed E-state index contributed by atoms with van der Waals surface area (Å²) >= 11 is 8.05. The van der Waals surface area contributed by atoms with Gasteiger partial charge < -0.3 is 5.32 Å². The van der Waals surface area contributed by atoms with Gasteiger partial charge in [0.05, 0.1) is 5.56 Å². The van der Waals surface area contributed by atoms with E-state index in [0.29, 0.717) is 10.6 Å². The van der Waals surface area contributed by atoms with E-state index in [1.807, 2.05) is 6.07 Å². The summed E-state index contributed by atoms with van der Waals surface area (Å²) in [6.07, 6.45) is 3.40. The maximum absolute atomic E-state index is 11.9. The average Bonchev–Trinajstić information content (AvgIpc) is 2.31. The quantitative estimate of drug-likeness (QED) is 0.572. The highest BCUT2D eigenvalue weighted by atomic mass is 127. The third-order valence-electron chi connectivity index (χ3n) is 2.67. The monoisotopic (exact) mass is 379 g/mol. The molecule has 1 rings (SSSR count). The van der Waals surface area contributed by atoms with Crippen LogP contribution in [-0.4, -0.2) is 12.5 Å². The van der Waals surface area contributed by atoms with Crippen LogP contribution in [-0.2, 0) is 0 Å². The van der Waals surface area contributed by atoms with Crippen LogP contribution in [0.1, 0.15) is 43.5 Å². The van der Waals surface area contributed by atoms with Crippen LogP contribution in [0, 0.1) is 9.49 Å². The van der Waals surface area contributed by atoms with Gasteiger partial charge in [0.1, 0.15) is 0 Å². The van der Waals surface area contributed by atoms with Gasteiger partial charge in [0.2, 0.25) is 0 Å². The highest BCUT2D eigenvalue weighted by Gasteiger charge is 2.09. The Labute approximate surface area is 128 Å². The van der Waals surface area contributed by atoms with Crippen molar-refractivity contribution in [2.24, 2.45) is 5.92 Å². The molecule has 1 amide bonds. The summed E-state index contributed by atoms with van der Waals surface area (Å²) in [6, 6.07) is 5.37. The molecular weight excluding hydrogens is 361 g/mol. The Balaban J connectivity index is 2.39. The molecule has 0 atom stereocenters. The van der Waals surface area contributed by atoms with Crippen molar-refractivity contribution in [2.75, 3.05) is 6.54 Å². The van der Waals surface area contributed by atoms with Crippen molar-refractivity contribution in [3.05, 3.63) is 32.4 Å². The highest BCUT2D eigenvalue weighted by Crippen LogP contribution is 2.17. The molecule has 0 fully saturated rings. The van der Waals surface area contributed by atoms with Gasteiger partial charge in [-0.1, -0.05) is 38.3 Å². The number of hydrogen-bond donors (Lipinski definition) is 1. The summed E-state index contributed by atoms with van der Waals surface area (Å²) in [4.78, 5) is 11.9. The van der Waals surface area contributed by atoms with Crippen LogP contribution >= 0.6 is 34.2 Å². The third kappa shape index (κ3) is 5.57. The van der Waals surface area contributed by atoms with Crippen molar-refractivity contribution in [1.29, 1.82) is 0 Å². The molecule has 0 radical (unpaired) electrons. The molecule has 2 nitrogen and oxygen atoms in total. The van der Waals surface area contributed by atoms with Gasteiger partial charge in [-0.05, 0) is 53.1 Å². The second kappa shape index (κ2) is 8.00. The summed E-state index contributed by atoms with van der Waals surface area (Å²) in [5.41, 5.74) is 0.659. The fourth-order valence-corrected chi connectivity index (χ4v) is 2.40. The maximum Gasteiger partial charge on any atom is 0.252 e. The van der Waals surface area contributed by atoms with Crippen LogP contribution in [0.3, 0.4) is 0 Å². The maximum atomic E-state index is 11.9. The Morgan fingerprint density at radius 1 is 1.39 bits per heavy atom. The van der Waals surface area contributed by atoms with E-state index >= 15 is 0 Å². The SMILES string of the molecule is CC(C)CCCCNC(=O)c1cc(Cl)ccc1I. The normalized spacial score (nSPS) is 10.7. The lowest BCUT2D eigenvalue weighted by atomic mass is 10.1. The molecule has 0 spiro atoms. The number of rotatable bonds is 6. The Morgan fingerprint density at radius 2 is 2.11 bits per heavy atom. The zero-order valence-corrected chi connectivity index (χ0v) is 13.7. The van der Waals surface area contributed by atoms with Crippen LogP contribution in [0.4, 0.5) is 0 Å². The molecule has 0 bridgehead atoms. The molecule has 1 aromatic carbocycles. The molecule has 0 unspecified atom stereocenters. The van der Waals surface area contributed by atoms with Gasteiger partial charge in [-0.25, -0.2) is 0 Å². The molecular formula is C14H19ClINO. The van der Waals surface area contributed by atoms with Gasteiger partial charge in [-0.15, -0.1) is 0 Å². The van der Waals surface area contributed by atoms with Gasteiger partial charge in [0.15, 0.2) is 0 Å². The largest absolute Gasteiger partial charge is 0.352 e. The summed E-state index contributed by atoms with van der Waals surface area (Å²) in [6.45, 7) is 5.16. The fourth-order valence-electron chi connectivity index (χ4n) is 1.65. The summed E-state index contributed by atoms with van der Waals surface area (Å²) in [7, 11) is 0. The van der Waals surface area contributed by atoms with E-state index in [0.717, 1.165) is 28.9 Å². The molecule has 0 heterocycles. The topological polar surface area (TPSA) is 29.1 Å². The second-order valence-electron chi connectivity index (χ2n) is 4.77. The fraction of sp³-hybridized carbons (Fsp3) is 0.500. The lowest BCUT2D eigenvalue weighted by Gasteiger charge is -2.08. The van der Waals surface area contributed by atoms with Crippen molar-refractivity contribution in [3.63, 3.8) is 0 Å². The molecule has 0 aliphatic rings. The zero-order chi connectivity index (χ0) is 13.5. The number of benzene rings is 1. The van der Waals surface area contributed by atoms with Crippen LogP contribution in [0.25, 0.3) is 0 Å². The predicted molar refractivity (Wildman–Crippen MR) is 85.2 cm³/mol. The molecule has 4 heteroatoms. The molecule has 1 aromatic rings. The number of nitrogens with one attached hydrogen (secondary N) is 1. The Bertz CT molecular complexity index is 407. The molecule has 0 saturated heterocycles. The zero-order valence-electron chi connectivity index (χ0n) is 10.8. The van der Waals surface area contributed by atoms with Crippen molar-refractivity contribution >= 4 is 40.1 Å². The highest BCUT2D eigenvalue weighted by molar-refractivity contribution is 14.1. The molecule has 18 heavy (non-hydrogen) atoms. The molecule has 0 aliphatic heterocycles. The first-order chi connectivity index (χ1) is 8.50. The van der Waals surface area contributed by atoms with Gasteiger partial charge in [0, 0.05) is 15.1 Å². The van der Waals surface area contributed by atoms with Crippen LogP contribution in [0.15, 0.2) is 18.2 Å². The minimum Gasteiger partial charge on any atom is -0.352 e. The summed E-state index contributed by atoms with van der Waals surface area (Å²) in [5, 5.41) is 3.54. The van der Waals surface area contributed by atoms with Crippen molar-refractivity contribution in [3.8, 4) is 0 Å². The lowest BCUT2D eigenvalue weighted by Crippen LogP contribution is -2.25. The average molecular weight is 380 g/mol. The molecule has 0 aliphatic carbocycles. The van der Waals surface area contributed by atoms with E-state index in [-0.39, 0.29) is 5.91 Å². The summed E-state index contributed by atoms with van der Waals surface area (Å²) in [5.74, 6) is 0.695.